The molecule has 0 atom stereocenters. The lowest BCUT2D eigenvalue weighted by molar-refractivity contribution is 0.200. The monoisotopic (exact) mass is 389 g/mol. The second kappa shape index (κ2) is 7.68. The van der Waals surface area contributed by atoms with Crippen molar-refractivity contribution in [1.29, 1.82) is 0 Å². The quantitative estimate of drug-likeness (QED) is 0.804. The predicted octanol–water partition coefficient (Wildman–Crippen LogP) is 3.43. The average Bonchev–Trinajstić information content (AvgIpc) is 3.51. The van der Waals surface area contributed by atoms with E-state index in [1.54, 1.807) is 0 Å². The lowest BCUT2D eigenvalue weighted by atomic mass is 10.2. The molecule has 4 rings (SSSR count). The van der Waals surface area contributed by atoms with Gasteiger partial charge in [-0.3, -0.25) is 4.90 Å². The molecule has 1 aliphatic carbocycles. The molecule has 6 nitrogen and oxygen atoms in total. The van der Waals surface area contributed by atoms with Gasteiger partial charge < -0.3 is 9.80 Å². The highest BCUT2D eigenvalue weighted by Crippen LogP contribution is 2.32. The molecule has 142 valence electrons. The van der Waals surface area contributed by atoms with Crippen molar-refractivity contribution in [2.45, 2.75) is 12.8 Å². The maximum atomic E-state index is 13.2. The van der Waals surface area contributed by atoms with E-state index in [2.05, 4.69) is 9.97 Å². The summed E-state index contributed by atoms with van der Waals surface area (Å²) in [7, 11) is 0. The summed E-state index contributed by atoms with van der Waals surface area (Å²) >= 11 is 5.99. The van der Waals surface area contributed by atoms with Crippen molar-refractivity contribution in [3.63, 3.8) is 0 Å². The van der Waals surface area contributed by atoms with Crippen LogP contribution in [-0.2, 0) is 0 Å². The smallest absolute Gasteiger partial charge is 0.324 e. The number of benzene rings is 1. The van der Waals surface area contributed by atoms with E-state index in [9.17, 15) is 9.18 Å². The molecular formula is C19H21ClFN5O. The lowest BCUT2D eigenvalue weighted by Gasteiger charge is -2.37. The second-order valence-corrected chi connectivity index (χ2v) is 7.42. The molecule has 0 spiro atoms. The van der Waals surface area contributed by atoms with Crippen LogP contribution >= 0.6 is 11.6 Å². The summed E-state index contributed by atoms with van der Waals surface area (Å²) in [5.41, 5.74) is 0.876. The first-order valence-electron chi connectivity index (χ1n) is 9.14. The molecular weight excluding hydrogens is 369 g/mol. The van der Waals surface area contributed by atoms with Gasteiger partial charge in [0.15, 0.2) is 5.82 Å². The Balaban J connectivity index is 1.43. The Morgan fingerprint density at radius 2 is 1.74 bits per heavy atom. The Labute approximate surface area is 162 Å². The highest BCUT2D eigenvalue weighted by atomic mass is 35.5. The predicted molar refractivity (Wildman–Crippen MR) is 103 cm³/mol. The van der Waals surface area contributed by atoms with Gasteiger partial charge in [0.05, 0.1) is 12.4 Å². The van der Waals surface area contributed by atoms with Crippen molar-refractivity contribution in [3.05, 3.63) is 47.5 Å². The number of amides is 2. The number of rotatable bonds is 4. The van der Waals surface area contributed by atoms with Gasteiger partial charge in [-0.1, -0.05) is 11.6 Å². The molecule has 0 N–H and O–H groups in total. The van der Waals surface area contributed by atoms with Crippen LogP contribution in [0, 0.1) is 11.7 Å². The summed E-state index contributed by atoms with van der Waals surface area (Å²) in [5.74, 6) is 0.626. The van der Waals surface area contributed by atoms with Crippen LogP contribution < -0.4 is 9.80 Å². The zero-order chi connectivity index (χ0) is 18.8. The number of hydrogen-bond donors (Lipinski definition) is 0. The molecule has 1 aromatic carbocycles. The molecule has 8 heteroatoms. The Morgan fingerprint density at radius 3 is 2.33 bits per heavy atom. The topological polar surface area (TPSA) is 52.6 Å². The van der Waals surface area contributed by atoms with E-state index in [0.717, 1.165) is 24.6 Å². The molecule has 2 fully saturated rings. The van der Waals surface area contributed by atoms with E-state index in [-0.39, 0.29) is 6.03 Å². The summed E-state index contributed by atoms with van der Waals surface area (Å²) in [5, 5.41) is 0.658. The Morgan fingerprint density at radius 1 is 1.11 bits per heavy atom. The van der Waals surface area contributed by atoms with Gasteiger partial charge in [0.1, 0.15) is 0 Å². The van der Waals surface area contributed by atoms with Gasteiger partial charge in [-0.15, -0.1) is 0 Å². The van der Waals surface area contributed by atoms with Crippen LogP contribution in [0.25, 0.3) is 0 Å². The summed E-state index contributed by atoms with van der Waals surface area (Å²) in [6.45, 7) is 3.13. The maximum absolute atomic E-state index is 13.2. The van der Waals surface area contributed by atoms with Crippen molar-refractivity contribution >= 4 is 29.3 Å². The molecule has 1 saturated carbocycles. The Kier molecular flexibility index (Phi) is 5.11. The van der Waals surface area contributed by atoms with E-state index in [0.29, 0.717) is 43.1 Å². The van der Waals surface area contributed by atoms with Gasteiger partial charge >= 0.3 is 6.03 Å². The third-order valence-electron chi connectivity index (χ3n) is 4.95. The van der Waals surface area contributed by atoms with Gasteiger partial charge in [-0.2, -0.15) is 0 Å². The molecule has 1 aliphatic heterocycles. The highest BCUT2D eigenvalue weighted by Gasteiger charge is 2.31. The van der Waals surface area contributed by atoms with Crippen LogP contribution in [0.1, 0.15) is 12.8 Å². The number of carbonyl (C=O) groups is 1. The average molecular weight is 390 g/mol. The largest absolute Gasteiger partial charge is 0.337 e. The molecule has 2 aliphatic rings. The van der Waals surface area contributed by atoms with Crippen molar-refractivity contribution in [1.82, 2.24) is 14.9 Å². The Bertz CT molecular complexity index is 789. The van der Waals surface area contributed by atoms with E-state index in [1.165, 1.54) is 12.8 Å². The van der Waals surface area contributed by atoms with Crippen LogP contribution in [0.4, 0.5) is 20.8 Å². The normalized spacial score (nSPS) is 17.1. The Hall–Kier alpha value is -2.41. The maximum Gasteiger partial charge on any atom is 0.324 e. The molecule has 2 aromatic rings. The summed E-state index contributed by atoms with van der Waals surface area (Å²) in [6.07, 6.45) is 4.68. The third-order valence-corrected chi connectivity index (χ3v) is 5.20. The molecule has 1 saturated heterocycles. The minimum Gasteiger partial charge on any atom is -0.337 e. The molecule has 27 heavy (non-hydrogen) atoms. The third kappa shape index (κ3) is 4.30. The second-order valence-electron chi connectivity index (χ2n) is 6.99. The first-order valence-corrected chi connectivity index (χ1v) is 9.52. The SMILES string of the molecule is O=C(N1CCN(c2ncc(F)cn2)CC1)N(CC1CC1)c1ccc(Cl)cc1. The van der Waals surface area contributed by atoms with E-state index in [1.807, 2.05) is 39.0 Å². The zero-order valence-electron chi connectivity index (χ0n) is 14.9. The lowest BCUT2D eigenvalue weighted by Crippen LogP contribution is -2.53. The highest BCUT2D eigenvalue weighted by molar-refractivity contribution is 6.30. The van der Waals surface area contributed by atoms with E-state index < -0.39 is 5.82 Å². The molecule has 0 radical (unpaired) electrons. The fourth-order valence-electron chi connectivity index (χ4n) is 3.21. The minimum absolute atomic E-state index is 0.0175. The van der Waals surface area contributed by atoms with Gasteiger partial charge in [0.25, 0.3) is 0 Å². The molecule has 2 heterocycles. The van der Waals surface area contributed by atoms with Gasteiger partial charge in [-0.05, 0) is 43.0 Å². The van der Waals surface area contributed by atoms with Crippen molar-refractivity contribution in [3.8, 4) is 0 Å². The number of piperazine rings is 1. The molecule has 1 aromatic heterocycles. The van der Waals surface area contributed by atoms with Crippen molar-refractivity contribution < 1.29 is 9.18 Å². The standard InChI is InChI=1S/C19H21ClFN5O/c20-15-3-5-17(6-4-15)26(13-14-1-2-14)19(27)25-9-7-24(8-10-25)18-22-11-16(21)12-23-18/h3-6,11-12,14H,1-2,7-10,13H2. The first-order chi connectivity index (χ1) is 13.1. The van der Waals surface area contributed by atoms with Crippen LogP contribution in [0.3, 0.4) is 0 Å². The summed E-state index contributed by atoms with van der Waals surface area (Å²) in [4.78, 5) is 26.9. The van der Waals surface area contributed by atoms with Crippen LogP contribution in [-0.4, -0.2) is 53.6 Å². The molecule has 2 amide bonds. The van der Waals surface area contributed by atoms with E-state index in [4.69, 9.17) is 11.6 Å². The number of nitrogens with zero attached hydrogens (tertiary/aromatic N) is 5. The number of anilines is 2. The number of urea groups is 1. The fourth-order valence-corrected chi connectivity index (χ4v) is 3.34. The molecule has 0 unspecified atom stereocenters. The van der Waals surface area contributed by atoms with Crippen LogP contribution in [0.2, 0.25) is 5.02 Å². The van der Waals surface area contributed by atoms with E-state index >= 15 is 0 Å². The van der Waals surface area contributed by atoms with Crippen molar-refractivity contribution in [2.75, 3.05) is 42.5 Å². The number of carbonyl (C=O) groups excluding carboxylic acids is 1. The van der Waals surface area contributed by atoms with Crippen LogP contribution in [0.15, 0.2) is 36.7 Å². The van der Waals surface area contributed by atoms with Gasteiger partial charge in [-0.25, -0.2) is 19.2 Å². The fraction of sp³-hybridized carbons (Fsp3) is 0.421. The van der Waals surface area contributed by atoms with Crippen molar-refractivity contribution in [2.24, 2.45) is 5.92 Å². The minimum atomic E-state index is -0.453. The summed E-state index contributed by atoms with van der Waals surface area (Å²) < 4.78 is 13.0. The zero-order valence-corrected chi connectivity index (χ0v) is 15.6. The van der Waals surface area contributed by atoms with Crippen LogP contribution in [0.5, 0.6) is 0 Å². The number of hydrogen-bond acceptors (Lipinski definition) is 4. The van der Waals surface area contributed by atoms with Gasteiger partial charge in [0, 0.05) is 43.4 Å². The first kappa shape index (κ1) is 18.0. The summed E-state index contributed by atoms with van der Waals surface area (Å²) in [6, 6.07) is 7.43. The van der Waals surface area contributed by atoms with Gasteiger partial charge in [0.2, 0.25) is 5.95 Å². The number of halogens is 2. The molecule has 0 bridgehead atoms. The number of aromatic nitrogens is 2.